The monoisotopic (exact) mass is 269 g/mol. The highest BCUT2D eigenvalue weighted by atomic mass is 16.4. The van der Waals surface area contributed by atoms with E-state index in [-0.39, 0.29) is 5.92 Å². The van der Waals surface area contributed by atoms with Crippen LogP contribution in [0.25, 0.3) is 16.5 Å². The molecule has 3 heteroatoms. The maximum Gasteiger partial charge on any atom is 0.306 e. The Labute approximate surface area is 118 Å². The van der Waals surface area contributed by atoms with Crippen molar-refractivity contribution in [3.8, 4) is 0 Å². The molecule has 3 nitrogen and oxygen atoms in total. The smallest absolute Gasteiger partial charge is 0.306 e. The van der Waals surface area contributed by atoms with Crippen LogP contribution >= 0.6 is 0 Å². The number of allylic oxidation sites excluding steroid dienone is 2. The molecule has 0 amide bonds. The number of carboxylic acid groups (broad SMARTS) is 1. The first kappa shape index (κ1) is 13.0. The Kier molecular flexibility index (Phi) is 3.13. The lowest BCUT2D eigenvalue weighted by atomic mass is 9.86. The third-order valence-electron chi connectivity index (χ3n) is 4.24. The Hall–Kier alpha value is -2.03. The summed E-state index contributed by atoms with van der Waals surface area (Å²) in [6, 6.07) is 4.39. The molecule has 104 valence electrons. The Balaban J connectivity index is 2.02. The van der Waals surface area contributed by atoms with E-state index in [0.29, 0.717) is 6.42 Å². The summed E-state index contributed by atoms with van der Waals surface area (Å²) in [6.07, 6.45) is 6.38. The van der Waals surface area contributed by atoms with Crippen LogP contribution in [0, 0.1) is 19.8 Å². The van der Waals surface area contributed by atoms with Crippen molar-refractivity contribution in [2.45, 2.75) is 33.1 Å². The maximum absolute atomic E-state index is 11.0. The topological polar surface area (TPSA) is 53.1 Å². The Morgan fingerprint density at radius 1 is 1.35 bits per heavy atom. The van der Waals surface area contributed by atoms with Gasteiger partial charge in [0.2, 0.25) is 0 Å². The number of aromatic nitrogens is 1. The number of aromatic amines is 1. The van der Waals surface area contributed by atoms with Crippen LogP contribution in [0.3, 0.4) is 0 Å². The molecule has 1 aromatic heterocycles. The molecule has 1 heterocycles. The van der Waals surface area contributed by atoms with Crippen LogP contribution < -0.4 is 0 Å². The lowest BCUT2D eigenvalue weighted by Crippen LogP contribution is -2.15. The largest absolute Gasteiger partial charge is 0.481 e. The summed E-state index contributed by atoms with van der Waals surface area (Å²) < 4.78 is 0. The number of carbonyl (C=O) groups is 1. The normalized spacial score (nSPS) is 19.1. The van der Waals surface area contributed by atoms with Crippen LogP contribution in [-0.4, -0.2) is 16.1 Å². The first-order valence-electron chi connectivity index (χ1n) is 7.07. The fourth-order valence-electron chi connectivity index (χ4n) is 3.16. The summed E-state index contributed by atoms with van der Waals surface area (Å²) in [6.45, 7) is 4.23. The Morgan fingerprint density at radius 3 is 2.80 bits per heavy atom. The van der Waals surface area contributed by atoms with E-state index in [4.69, 9.17) is 5.11 Å². The first-order valence-corrected chi connectivity index (χ1v) is 7.07. The van der Waals surface area contributed by atoms with Crippen molar-refractivity contribution < 1.29 is 9.90 Å². The van der Waals surface area contributed by atoms with Gasteiger partial charge in [-0.25, -0.2) is 0 Å². The lowest BCUT2D eigenvalue weighted by Gasteiger charge is -2.18. The zero-order chi connectivity index (χ0) is 14.3. The van der Waals surface area contributed by atoms with E-state index in [1.165, 1.54) is 33.2 Å². The highest BCUT2D eigenvalue weighted by Crippen LogP contribution is 2.35. The number of nitrogens with one attached hydrogen (secondary N) is 1. The predicted octanol–water partition coefficient (Wildman–Crippen LogP) is 4.05. The van der Waals surface area contributed by atoms with Crippen LogP contribution in [0.4, 0.5) is 0 Å². The SMILES string of the molecule is Cc1cc(C)c2[nH]cc(C3=CCC(C(=O)O)CC3)c2c1. The summed E-state index contributed by atoms with van der Waals surface area (Å²) in [5, 5.41) is 10.3. The number of H-pyrrole nitrogens is 1. The average molecular weight is 269 g/mol. The molecular formula is C17H19NO2. The van der Waals surface area contributed by atoms with Crippen molar-refractivity contribution in [3.63, 3.8) is 0 Å². The van der Waals surface area contributed by atoms with Crippen molar-refractivity contribution in [2.24, 2.45) is 5.92 Å². The Bertz CT molecular complexity index is 709. The highest BCUT2D eigenvalue weighted by Gasteiger charge is 2.22. The summed E-state index contributed by atoms with van der Waals surface area (Å²) in [4.78, 5) is 14.4. The van der Waals surface area contributed by atoms with E-state index in [2.05, 4.69) is 43.2 Å². The van der Waals surface area contributed by atoms with Gasteiger partial charge in [0.25, 0.3) is 0 Å². The van der Waals surface area contributed by atoms with Crippen molar-refractivity contribution >= 4 is 22.4 Å². The van der Waals surface area contributed by atoms with Crippen LogP contribution in [0.15, 0.2) is 24.4 Å². The summed E-state index contributed by atoms with van der Waals surface area (Å²) in [5.74, 6) is -0.890. The average Bonchev–Trinajstić information content (AvgIpc) is 2.82. The standard InChI is InChI=1S/C17H19NO2/c1-10-7-11(2)16-14(8-10)15(9-18-16)12-3-5-13(6-4-12)17(19)20/h3,7-9,13,18H,4-6H2,1-2H3,(H,19,20). The van der Waals surface area contributed by atoms with Crippen molar-refractivity contribution in [2.75, 3.05) is 0 Å². The second-order valence-corrected chi connectivity index (χ2v) is 5.75. The quantitative estimate of drug-likeness (QED) is 0.864. The number of aryl methyl sites for hydroxylation is 2. The molecular weight excluding hydrogens is 250 g/mol. The van der Waals surface area contributed by atoms with Gasteiger partial charge in [-0.15, -0.1) is 0 Å². The molecule has 2 aromatic rings. The number of hydrogen-bond donors (Lipinski definition) is 2. The fourth-order valence-corrected chi connectivity index (χ4v) is 3.16. The van der Waals surface area contributed by atoms with Gasteiger partial charge in [0.05, 0.1) is 5.92 Å². The molecule has 1 aromatic carbocycles. The summed E-state index contributed by atoms with van der Waals surface area (Å²) in [5.41, 5.74) is 6.21. The minimum Gasteiger partial charge on any atom is -0.481 e. The molecule has 0 aliphatic heterocycles. The van der Waals surface area contributed by atoms with Crippen LogP contribution in [0.1, 0.15) is 36.0 Å². The molecule has 1 aliphatic rings. The molecule has 0 spiro atoms. The van der Waals surface area contributed by atoms with Gasteiger partial charge in [-0.3, -0.25) is 4.79 Å². The third kappa shape index (κ3) is 2.13. The van der Waals surface area contributed by atoms with E-state index >= 15 is 0 Å². The molecule has 0 fully saturated rings. The predicted molar refractivity (Wildman–Crippen MR) is 80.7 cm³/mol. The molecule has 1 atom stereocenters. The molecule has 0 saturated heterocycles. The number of hydrogen-bond acceptors (Lipinski definition) is 1. The van der Waals surface area contributed by atoms with Crippen LogP contribution in [0.5, 0.6) is 0 Å². The van der Waals surface area contributed by atoms with E-state index in [9.17, 15) is 4.79 Å². The van der Waals surface area contributed by atoms with Gasteiger partial charge in [-0.05, 0) is 50.3 Å². The molecule has 0 saturated carbocycles. The fraction of sp³-hybridized carbons (Fsp3) is 0.353. The first-order chi connectivity index (χ1) is 9.56. The molecule has 2 N–H and O–H groups in total. The molecule has 3 rings (SSSR count). The van der Waals surface area contributed by atoms with E-state index < -0.39 is 5.97 Å². The van der Waals surface area contributed by atoms with E-state index in [1.54, 1.807) is 0 Å². The van der Waals surface area contributed by atoms with Crippen LogP contribution in [0.2, 0.25) is 0 Å². The van der Waals surface area contributed by atoms with Crippen molar-refractivity contribution in [1.29, 1.82) is 0 Å². The maximum atomic E-state index is 11.0. The van der Waals surface area contributed by atoms with E-state index in [1.807, 2.05) is 0 Å². The number of fused-ring (bicyclic) bond motifs is 1. The van der Waals surface area contributed by atoms with Crippen LogP contribution in [-0.2, 0) is 4.79 Å². The zero-order valence-corrected chi connectivity index (χ0v) is 11.9. The van der Waals surface area contributed by atoms with Crippen molar-refractivity contribution in [1.82, 2.24) is 4.98 Å². The van der Waals surface area contributed by atoms with Gasteiger partial charge in [0.15, 0.2) is 0 Å². The lowest BCUT2D eigenvalue weighted by molar-refractivity contribution is -0.141. The second kappa shape index (κ2) is 4.82. The molecule has 0 radical (unpaired) electrons. The van der Waals surface area contributed by atoms with E-state index in [0.717, 1.165) is 12.8 Å². The number of carboxylic acids is 1. The number of aliphatic carboxylic acids is 1. The summed E-state index contributed by atoms with van der Waals surface area (Å²) >= 11 is 0. The third-order valence-corrected chi connectivity index (χ3v) is 4.24. The highest BCUT2D eigenvalue weighted by molar-refractivity contribution is 5.95. The molecule has 20 heavy (non-hydrogen) atoms. The van der Waals surface area contributed by atoms with Gasteiger partial charge >= 0.3 is 5.97 Å². The molecule has 0 bridgehead atoms. The van der Waals surface area contributed by atoms with Gasteiger partial charge in [-0.1, -0.05) is 17.7 Å². The zero-order valence-electron chi connectivity index (χ0n) is 11.9. The minimum atomic E-state index is -0.675. The number of rotatable bonds is 2. The second-order valence-electron chi connectivity index (χ2n) is 5.75. The number of benzene rings is 1. The molecule has 1 unspecified atom stereocenters. The van der Waals surface area contributed by atoms with Gasteiger partial charge in [-0.2, -0.15) is 0 Å². The van der Waals surface area contributed by atoms with Gasteiger partial charge < -0.3 is 10.1 Å². The van der Waals surface area contributed by atoms with Crippen molar-refractivity contribution in [3.05, 3.63) is 41.1 Å². The summed E-state index contributed by atoms with van der Waals surface area (Å²) in [7, 11) is 0. The Morgan fingerprint density at radius 2 is 2.15 bits per heavy atom. The van der Waals surface area contributed by atoms with Gasteiger partial charge in [0, 0.05) is 22.7 Å². The van der Waals surface area contributed by atoms with Gasteiger partial charge in [0.1, 0.15) is 0 Å². The molecule has 1 aliphatic carbocycles. The minimum absolute atomic E-state index is 0.215.